The first-order valence-electron chi connectivity index (χ1n) is 12.8. The average Bonchev–Trinajstić information content (AvgIpc) is 2.87. The Kier molecular flexibility index (Phi) is 6.22. The minimum absolute atomic E-state index is 0.0241. The van der Waals surface area contributed by atoms with E-state index >= 15 is 0 Å². The fraction of sp³-hybridized carbons (Fsp3) is 0.464. The van der Waals surface area contributed by atoms with Gasteiger partial charge >= 0.3 is 5.97 Å². The molecule has 9 nitrogen and oxygen atoms in total. The number of carboxylic acids is 1. The van der Waals surface area contributed by atoms with Crippen LogP contribution in [0.4, 0.5) is 5.69 Å². The quantitative estimate of drug-likeness (QED) is 0.190. The molecule has 1 saturated heterocycles. The minimum Gasteiger partial charge on any atom is -0.487 e. The maximum absolute atomic E-state index is 11.2. The van der Waals surface area contributed by atoms with Crippen LogP contribution in [0.15, 0.2) is 42.5 Å². The Morgan fingerprint density at radius 1 is 1.11 bits per heavy atom. The molecule has 10 heteroatoms. The van der Waals surface area contributed by atoms with E-state index in [4.69, 9.17) is 30.8 Å². The average molecular weight is 542 g/mol. The summed E-state index contributed by atoms with van der Waals surface area (Å²) in [6.07, 6.45) is 8.00. The smallest absolute Gasteiger partial charge is 0.328 e. The van der Waals surface area contributed by atoms with Crippen molar-refractivity contribution >= 4 is 29.3 Å². The van der Waals surface area contributed by atoms with Crippen LogP contribution in [-0.4, -0.2) is 28.7 Å². The van der Waals surface area contributed by atoms with E-state index in [2.05, 4.69) is 0 Å². The van der Waals surface area contributed by atoms with Crippen LogP contribution in [0.3, 0.4) is 0 Å². The third-order valence-electron chi connectivity index (χ3n) is 8.87. The number of benzene rings is 2. The highest BCUT2D eigenvalue weighted by Gasteiger charge is 2.77. The Balaban J connectivity index is 1.38. The monoisotopic (exact) mass is 541 g/mol. The molecular formula is C28H28ClNO8. The molecule has 5 aliphatic rings. The molecule has 1 unspecified atom stereocenters. The van der Waals surface area contributed by atoms with E-state index in [-0.39, 0.29) is 23.1 Å². The number of hydrogen-bond acceptors (Lipinski definition) is 7. The van der Waals surface area contributed by atoms with Crippen molar-refractivity contribution in [1.29, 1.82) is 0 Å². The van der Waals surface area contributed by atoms with Crippen molar-refractivity contribution in [3.8, 4) is 5.75 Å². The highest BCUT2D eigenvalue weighted by Crippen LogP contribution is 2.70. The molecule has 5 fully saturated rings. The summed E-state index contributed by atoms with van der Waals surface area (Å²) in [4.78, 5) is 33.7. The number of nitro benzene ring substituents is 1. The van der Waals surface area contributed by atoms with Crippen molar-refractivity contribution in [2.45, 2.75) is 50.1 Å². The Hall–Kier alpha value is -2.98. The lowest BCUT2D eigenvalue weighted by Gasteiger charge is -2.68. The van der Waals surface area contributed by atoms with Gasteiger partial charge < -0.3 is 14.6 Å². The molecule has 1 N–H and O–H groups in total. The van der Waals surface area contributed by atoms with E-state index in [1.54, 1.807) is 31.4 Å². The van der Waals surface area contributed by atoms with Gasteiger partial charge in [0.05, 0.1) is 9.95 Å². The van der Waals surface area contributed by atoms with Gasteiger partial charge in [0.2, 0.25) is 0 Å². The fourth-order valence-electron chi connectivity index (χ4n) is 7.46. The van der Waals surface area contributed by atoms with Crippen LogP contribution in [0.5, 0.6) is 5.75 Å². The van der Waals surface area contributed by atoms with Gasteiger partial charge in [0.15, 0.2) is 5.60 Å². The second-order valence-corrected chi connectivity index (χ2v) is 11.2. The first-order valence-corrected chi connectivity index (χ1v) is 13.2. The van der Waals surface area contributed by atoms with Gasteiger partial charge in [0.25, 0.3) is 11.5 Å². The van der Waals surface area contributed by atoms with Gasteiger partial charge in [-0.15, -0.1) is 0 Å². The molecular weight excluding hydrogens is 514 g/mol. The first-order chi connectivity index (χ1) is 18.3. The number of halogens is 1. The van der Waals surface area contributed by atoms with Crippen molar-refractivity contribution in [1.82, 2.24) is 0 Å². The molecule has 0 aromatic heterocycles. The van der Waals surface area contributed by atoms with Gasteiger partial charge in [-0.3, -0.25) is 10.1 Å². The molecule has 38 heavy (non-hydrogen) atoms. The fourth-order valence-corrected chi connectivity index (χ4v) is 7.81. The van der Waals surface area contributed by atoms with Crippen molar-refractivity contribution in [2.24, 2.45) is 23.7 Å². The lowest BCUT2D eigenvalue weighted by atomic mass is 9.47. The molecule has 0 amide bonds. The number of rotatable bonds is 8. The maximum atomic E-state index is 11.2. The molecule has 7 rings (SSSR count). The van der Waals surface area contributed by atoms with Crippen molar-refractivity contribution in [3.05, 3.63) is 74.3 Å². The Morgan fingerprint density at radius 3 is 2.29 bits per heavy atom. The minimum atomic E-state index is -1.22. The SMILES string of the molecule is COC1(c2ccc(/C=C/C(=O)O)c(OCc3ccc([N+](=O)[O-])cc3)c2Cl)OOC12C1CC3CC(C1)CC2C3. The summed E-state index contributed by atoms with van der Waals surface area (Å²) >= 11 is 7.02. The zero-order chi connectivity index (χ0) is 26.7. The van der Waals surface area contributed by atoms with E-state index in [1.807, 2.05) is 0 Å². The number of hydrogen-bond donors (Lipinski definition) is 1. The van der Waals surface area contributed by atoms with E-state index in [1.165, 1.54) is 24.6 Å². The largest absolute Gasteiger partial charge is 0.487 e. The molecule has 1 atom stereocenters. The van der Waals surface area contributed by atoms with E-state index in [0.29, 0.717) is 40.4 Å². The first kappa shape index (κ1) is 25.3. The van der Waals surface area contributed by atoms with Gasteiger partial charge in [-0.1, -0.05) is 23.7 Å². The van der Waals surface area contributed by atoms with Gasteiger partial charge in [-0.2, -0.15) is 4.89 Å². The third kappa shape index (κ3) is 3.75. The van der Waals surface area contributed by atoms with E-state index in [0.717, 1.165) is 31.8 Å². The summed E-state index contributed by atoms with van der Waals surface area (Å²) in [5.74, 6) is -0.0519. The summed E-state index contributed by atoms with van der Waals surface area (Å²) in [6.45, 7) is 0.0617. The lowest BCUT2D eigenvalue weighted by molar-refractivity contribution is -0.645. The predicted molar refractivity (Wildman–Crippen MR) is 136 cm³/mol. The number of ether oxygens (including phenoxy) is 2. The third-order valence-corrected chi connectivity index (χ3v) is 9.24. The number of nitrogens with zero attached hydrogens (tertiary/aromatic N) is 1. The molecule has 1 heterocycles. The summed E-state index contributed by atoms with van der Waals surface area (Å²) < 4.78 is 12.3. The van der Waals surface area contributed by atoms with Crippen LogP contribution in [0.2, 0.25) is 5.02 Å². The number of carboxylic acid groups (broad SMARTS) is 1. The van der Waals surface area contributed by atoms with Crippen molar-refractivity contribution in [2.75, 3.05) is 7.11 Å². The number of aliphatic carboxylic acids is 1. The van der Waals surface area contributed by atoms with Crippen LogP contribution in [0, 0.1) is 33.8 Å². The highest BCUT2D eigenvalue weighted by molar-refractivity contribution is 6.33. The summed E-state index contributed by atoms with van der Waals surface area (Å²) in [5.41, 5.74) is 1.06. The van der Waals surface area contributed by atoms with E-state index in [9.17, 15) is 20.0 Å². The standard InChI is InChI=1S/C28H28ClNO8/c1-35-28(27(37-38-28)20-11-17-10-18(13-20)14-21(27)12-17)23-8-4-19(5-9-24(31)32)26(25(23)29)36-15-16-2-6-22(7-3-16)30(33)34/h2-9,17-18,20-21H,10-15H2,1H3,(H,31,32)/b9-5+. The molecule has 4 saturated carbocycles. The van der Waals surface area contributed by atoms with Gasteiger partial charge in [0.1, 0.15) is 12.4 Å². The van der Waals surface area contributed by atoms with Crippen molar-refractivity contribution in [3.63, 3.8) is 0 Å². The number of non-ortho nitro benzene ring substituents is 1. The van der Waals surface area contributed by atoms with Gasteiger partial charge in [-0.05, 0) is 79.5 Å². The lowest BCUT2D eigenvalue weighted by Crippen LogP contribution is -2.76. The van der Waals surface area contributed by atoms with Crippen LogP contribution < -0.4 is 4.74 Å². The van der Waals surface area contributed by atoms with Crippen LogP contribution in [0.25, 0.3) is 6.08 Å². The van der Waals surface area contributed by atoms with Crippen molar-refractivity contribution < 1.29 is 34.1 Å². The topological polar surface area (TPSA) is 117 Å². The Labute approximate surface area is 224 Å². The molecule has 1 spiro atoms. The Morgan fingerprint density at radius 2 is 1.76 bits per heavy atom. The second kappa shape index (κ2) is 9.34. The molecule has 200 valence electrons. The summed E-state index contributed by atoms with van der Waals surface area (Å²) in [5, 5.41) is 20.4. The second-order valence-electron chi connectivity index (χ2n) is 10.8. The zero-order valence-corrected chi connectivity index (χ0v) is 21.6. The molecule has 4 aliphatic carbocycles. The van der Waals surface area contributed by atoms with E-state index < -0.39 is 22.3 Å². The molecule has 2 aromatic carbocycles. The molecule has 2 aromatic rings. The highest BCUT2D eigenvalue weighted by atomic mass is 35.5. The molecule has 1 aliphatic heterocycles. The Bertz CT molecular complexity index is 1280. The molecule has 4 bridgehead atoms. The normalized spacial score (nSPS) is 33.0. The van der Waals surface area contributed by atoms with Gasteiger partial charge in [-0.25, -0.2) is 9.68 Å². The van der Waals surface area contributed by atoms with Crippen LogP contribution in [-0.2, 0) is 31.7 Å². The number of carbonyl (C=O) groups is 1. The summed E-state index contributed by atoms with van der Waals surface area (Å²) in [6, 6.07) is 9.53. The predicted octanol–water partition coefficient (Wildman–Crippen LogP) is 5.88. The molecule has 0 radical (unpaired) electrons. The van der Waals surface area contributed by atoms with Crippen LogP contribution >= 0.6 is 11.6 Å². The summed E-state index contributed by atoms with van der Waals surface area (Å²) in [7, 11) is 1.60. The maximum Gasteiger partial charge on any atom is 0.328 e. The number of methoxy groups -OCH3 is 1. The zero-order valence-electron chi connectivity index (χ0n) is 20.8. The van der Waals surface area contributed by atoms with Crippen LogP contribution in [0.1, 0.15) is 48.8 Å². The van der Waals surface area contributed by atoms with Gasteiger partial charge in [0, 0.05) is 36.4 Å². The number of nitro groups is 1.